The molecule has 8 rings (SSSR count). The number of carbonyl (C=O) groups excluding carboxylic acids is 2. The van der Waals surface area contributed by atoms with E-state index in [4.69, 9.17) is 19.4 Å². The minimum Gasteiger partial charge on any atom is -0.481 e. The first-order chi connectivity index (χ1) is 25.6. The number of nitrogens with zero attached hydrogens (tertiary/aromatic N) is 7. The molecule has 3 fully saturated rings. The van der Waals surface area contributed by atoms with Crippen LogP contribution in [0.4, 0.5) is 4.39 Å². The number of aromatic nitrogens is 3. The van der Waals surface area contributed by atoms with Gasteiger partial charge < -0.3 is 19.3 Å². The predicted molar refractivity (Wildman–Crippen MR) is 199 cm³/mol. The van der Waals surface area contributed by atoms with E-state index < -0.39 is 0 Å². The Morgan fingerprint density at radius 3 is 2.15 bits per heavy atom. The highest BCUT2D eigenvalue weighted by Crippen LogP contribution is 2.50. The highest BCUT2D eigenvalue weighted by Gasteiger charge is 2.55. The second-order valence-electron chi connectivity index (χ2n) is 15.1. The average molecular weight is 720 g/mol. The molecule has 1 spiro atoms. The van der Waals surface area contributed by atoms with Crippen LogP contribution < -0.4 is 9.47 Å². The summed E-state index contributed by atoms with van der Waals surface area (Å²) in [5.41, 5.74) is 7.93. The van der Waals surface area contributed by atoms with Gasteiger partial charge in [-0.2, -0.15) is 0 Å². The van der Waals surface area contributed by atoms with Crippen molar-refractivity contribution in [1.29, 1.82) is 0 Å². The summed E-state index contributed by atoms with van der Waals surface area (Å²) >= 11 is 0. The maximum atomic E-state index is 16.6. The summed E-state index contributed by atoms with van der Waals surface area (Å²) in [5.74, 6) is 0.857. The standard InChI is InChI=1S/C41H46FN7O4/c1-25-29(31-10-7-11-32(38(31)42)34-19-43-35(39(45-34)52-4)20-46-14-16-47(17-15-46)26(2)50)8-6-9-30(25)33-18-28-12-13-36(37(28)40(44-33)53-5)49-23-41(24-49)21-48(22-41)27(3)51/h6-11,18-19,36H,12-17,20-24H2,1-5H3. The SMILES string of the molecule is COc1nc(-c2cccc(-c3cccc(-c4cc5c(c(OC)n4)C(N4CC6(CN(C(C)=O)C6)C4)CC5)c3C)c2F)cnc1CN1CCN(C(C)=O)CC1. The van der Waals surface area contributed by atoms with Gasteiger partial charge in [-0.3, -0.25) is 24.4 Å². The van der Waals surface area contributed by atoms with Gasteiger partial charge in [0.25, 0.3) is 0 Å². The molecule has 4 aromatic rings. The number of pyridine rings is 1. The van der Waals surface area contributed by atoms with Crippen LogP contribution in [-0.2, 0) is 22.6 Å². The lowest BCUT2D eigenvalue weighted by molar-refractivity contribution is -0.161. The first kappa shape index (κ1) is 35.1. The van der Waals surface area contributed by atoms with E-state index in [-0.39, 0.29) is 29.1 Å². The molecule has 2 amide bonds. The van der Waals surface area contributed by atoms with Crippen LogP contribution in [-0.4, -0.2) is 113 Å². The number of piperazine rings is 1. The molecule has 2 aromatic heterocycles. The third-order valence-electron chi connectivity index (χ3n) is 11.7. The summed E-state index contributed by atoms with van der Waals surface area (Å²) in [7, 11) is 3.23. The molecule has 3 saturated heterocycles. The maximum Gasteiger partial charge on any atom is 0.237 e. The smallest absolute Gasteiger partial charge is 0.237 e. The van der Waals surface area contributed by atoms with Gasteiger partial charge >= 0.3 is 0 Å². The first-order valence-electron chi connectivity index (χ1n) is 18.4. The van der Waals surface area contributed by atoms with E-state index in [9.17, 15) is 9.59 Å². The molecule has 3 aliphatic heterocycles. The predicted octanol–water partition coefficient (Wildman–Crippen LogP) is 5.15. The fourth-order valence-corrected chi connectivity index (χ4v) is 8.84. The van der Waals surface area contributed by atoms with E-state index in [1.54, 1.807) is 46.4 Å². The number of ether oxygens (including phenoxy) is 2. The van der Waals surface area contributed by atoms with Crippen LogP contribution in [0.25, 0.3) is 33.6 Å². The fraction of sp³-hybridized carbons (Fsp3) is 0.439. The zero-order valence-electron chi connectivity index (χ0n) is 31.1. The summed E-state index contributed by atoms with van der Waals surface area (Å²) < 4.78 is 28.1. The maximum absolute atomic E-state index is 16.6. The highest BCUT2D eigenvalue weighted by molar-refractivity contribution is 5.80. The zero-order valence-corrected chi connectivity index (χ0v) is 31.1. The van der Waals surface area contributed by atoms with E-state index in [1.807, 2.05) is 41.0 Å². The molecule has 1 unspecified atom stereocenters. The number of rotatable bonds is 8. The van der Waals surface area contributed by atoms with Gasteiger partial charge in [0.1, 0.15) is 11.5 Å². The van der Waals surface area contributed by atoms with E-state index in [0.717, 1.165) is 74.5 Å². The van der Waals surface area contributed by atoms with Crippen molar-refractivity contribution >= 4 is 11.8 Å². The van der Waals surface area contributed by atoms with E-state index in [1.165, 1.54) is 11.1 Å². The third-order valence-corrected chi connectivity index (χ3v) is 11.7. The lowest BCUT2D eigenvalue weighted by Crippen LogP contribution is -2.72. The van der Waals surface area contributed by atoms with Crippen molar-refractivity contribution in [2.45, 2.75) is 46.2 Å². The van der Waals surface area contributed by atoms with E-state index >= 15 is 4.39 Å². The molecule has 276 valence electrons. The van der Waals surface area contributed by atoms with Crippen molar-refractivity contribution in [1.82, 2.24) is 34.6 Å². The third kappa shape index (κ3) is 6.31. The number of amides is 2. The van der Waals surface area contributed by atoms with Crippen LogP contribution in [0.1, 0.15) is 48.7 Å². The second kappa shape index (κ2) is 13.8. The molecular formula is C41H46FN7O4. The van der Waals surface area contributed by atoms with Crippen LogP contribution >= 0.6 is 0 Å². The fourth-order valence-electron chi connectivity index (χ4n) is 8.84. The molecule has 5 heterocycles. The molecule has 0 bridgehead atoms. The Morgan fingerprint density at radius 1 is 0.830 bits per heavy atom. The minimum absolute atomic E-state index is 0.0843. The summed E-state index contributed by atoms with van der Waals surface area (Å²) in [4.78, 5) is 46.4. The van der Waals surface area contributed by atoms with Gasteiger partial charge in [-0.1, -0.05) is 30.3 Å². The Morgan fingerprint density at radius 2 is 1.47 bits per heavy atom. The Hall–Kier alpha value is -4.94. The number of halogens is 1. The Balaban J connectivity index is 1.04. The summed E-state index contributed by atoms with van der Waals surface area (Å²) in [5, 5.41) is 0. The van der Waals surface area contributed by atoms with Crippen LogP contribution in [0.5, 0.6) is 11.8 Å². The molecule has 0 N–H and O–H groups in total. The highest BCUT2D eigenvalue weighted by atomic mass is 19.1. The number of likely N-dealkylation sites (tertiary alicyclic amines) is 2. The molecule has 0 radical (unpaired) electrons. The summed E-state index contributed by atoms with van der Waals surface area (Å²) in [6.45, 7) is 12.3. The van der Waals surface area contributed by atoms with Gasteiger partial charge in [0.15, 0.2) is 0 Å². The van der Waals surface area contributed by atoms with Gasteiger partial charge in [0.2, 0.25) is 23.6 Å². The normalized spacial score (nSPS) is 19.5. The topological polar surface area (TPSA) is 104 Å². The van der Waals surface area contributed by atoms with Crippen molar-refractivity contribution in [3.63, 3.8) is 0 Å². The van der Waals surface area contributed by atoms with Gasteiger partial charge in [-0.05, 0) is 48.6 Å². The van der Waals surface area contributed by atoms with Gasteiger partial charge in [0.05, 0.1) is 31.8 Å². The van der Waals surface area contributed by atoms with Crippen molar-refractivity contribution in [2.75, 3.05) is 66.6 Å². The molecule has 4 aliphatic rings. The number of fused-ring (bicyclic) bond motifs is 1. The van der Waals surface area contributed by atoms with E-state index in [2.05, 4.69) is 20.9 Å². The molecule has 0 saturated carbocycles. The van der Waals surface area contributed by atoms with Crippen molar-refractivity contribution < 1.29 is 23.5 Å². The summed E-state index contributed by atoms with van der Waals surface area (Å²) in [6, 6.07) is 13.7. The largest absolute Gasteiger partial charge is 0.481 e. The van der Waals surface area contributed by atoms with Gasteiger partial charge in [-0.15, -0.1) is 0 Å². The number of benzene rings is 2. The number of hydrogen-bond acceptors (Lipinski definition) is 9. The molecule has 11 nitrogen and oxygen atoms in total. The minimum atomic E-state index is -0.384. The number of hydrogen-bond donors (Lipinski definition) is 0. The molecule has 1 aliphatic carbocycles. The Bertz CT molecular complexity index is 2090. The monoisotopic (exact) mass is 719 g/mol. The number of aryl methyl sites for hydroxylation is 1. The van der Waals surface area contributed by atoms with Gasteiger partial charge in [0, 0.05) is 106 Å². The average Bonchev–Trinajstić information content (AvgIpc) is 3.54. The van der Waals surface area contributed by atoms with Crippen LogP contribution in [0.3, 0.4) is 0 Å². The number of methoxy groups -OCH3 is 2. The van der Waals surface area contributed by atoms with Crippen molar-refractivity contribution in [3.05, 3.63) is 76.9 Å². The second-order valence-corrected chi connectivity index (χ2v) is 15.1. The van der Waals surface area contributed by atoms with Crippen LogP contribution in [0.15, 0.2) is 48.7 Å². The van der Waals surface area contributed by atoms with Gasteiger partial charge in [-0.25, -0.2) is 14.4 Å². The Kier molecular flexibility index (Phi) is 9.14. The lowest BCUT2D eigenvalue weighted by atomic mass is 9.72. The zero-order chi connectivity index (χ0) is 37.0. The molecule has 1 atom stereocenters. The Labute approximate surface area is 309 Å². The first-order valence-corrected chi connectivity index (χ1v) is 18.4. The van der Waals surface area contributed by atoms with E-state index in [0.29, 0.717) is 53.9 Å². The van der Waals surface area contributed by atoms with Crippen LogP contribution in [0.2, 0.25) is 0 Å². The van der Waals surface area contributed by atoms with Crippen LogP contribution in [0, 0.1) is 18.2 Å². The quantitative estimate of drug-likeness (QED) is 0.245. The number of carbonyl (C=O) groups is 2. The molecule has 12 heteroatoms. The molecule has 2 aromatic carbocycles. The summed E-state index contributed by atoms with van der Waals surface area (Å²) in [6.07, 6.45) is 3.55. The van der Waals surface area contributed by atoms with Crippen molar-refractivity contribution in [3.8, 4) is 45.4 Å². The molecular weight excluding hydrogens is 673 g/mol. The molecule has 53 heavy (non-hydrogen) atoms. The lowest BCUT2D eigenvalue weighted by Gasteiger charge is -2.61. The van der Waals surface area contributed by atoms with Crippen molar-refractivity contribution in [2.24, 2.45) is 5.41 Å².